The van der Waals surface area contributed by atoms with Gasteiger partial charge in [-0.2, -0.15) is 0 Å². The molecule has 1 aromatic heterocycles. The van der Waals surface area contributed by atoms with Gasteiger partial charge in [0.25, 0.3) is 5.91 Å². The number of carboxylic acids is 1. The van der Waals surface area contributed by atoms with Crippen LogP contribution in [0.3, 0.4) is 0 Å². The number of rotatable bonds is 4. The van der Waals surface area contributed by atoms with Crippen LogP contribution in [0.5, 0.6) is 0 Å². The summed E-state index contributed by atoms with van der Waals surface area (Å²) in [6.07, 6.45) is 0. The fourth-order valence-electron chi connectivity index (χ4n) is 1.56. The summed E-state index contributed by atoms with van der Waals surface area (Å²) in [4.78, 5) is 26.7. The minimum Gasteiger partial charge on any atom is -0.476 e. The third-order valence-corrected chi connectivity index (χ3v) is 3.81. The van der Waals surface area contributed by atoms with Gasteiger partial charge in [-0.05, 0) is 25.1 Å². The Morgan fingerprint density at radius 2 is 2.20 bits per heavy atom. The summed E-state index contributed by atoms with van der Waals surface area (Å²) < 4.78 is 0. The van der Waals surface area contributed by atoms with Gasteiger partial charge in [-0.1, -0.05) is 17.7 Å². The number of halogens is 1. The fourth-order valence-corrected chi connectivity index (χ4v) is 2.55. The van der Waals surface area contributed by atoms with E-state index < -0.39 is 5.97 Å². The predicted octanol–water partition coefficient (Wildman–Crippen LogP) is 2.99. The zero-order valence-corrected chi connectivity index (χ0v) is 12.0. The molecule has 1 unspecified atom stereocenters. The molecule has 0 saturated heterocycles. The van der Waals surface area contributed by atoms with Gasteiger partial charge in [-0.25, -0.2) is 9.78 Å². The number of benzene rings is 1. The lowest BCUT2D eigenvalue weighted by Crippen LogP contribution is -2.26. The van der Waals surface area contributed by atoms with Gasteiger partial charge in [-0.15, -0.1) is 11.3 Å². The molecule has 1 atom stereocenters. The summed E-state index contributed by atoms with van der Waals surface area (Å²) in [5.41, 5.74) is 0.424. The Bertz CT molecular complexity index is 657. The molecular formula is C13H11ClN2O3S. The van der Waals surface area contributed by atoms with E-state index in [0.29, 0.717) is 15.6 Å². The highest BCUT2D eigenvalue weighted by Gasteiger charge is 2.16. The predicted molar refractivity (Wildman–Crippen MR) is 76.4 cm³/mol. The third-order valence-electron chi connectivity index (χ3n) is 2.55. The smallest absolute Gasteiger partial charge is 0.355 e. The second kappa shape index (κ2) is 6.02. The van der Waals surface area contributed by atoms with Gasteiger partial charge in [0, 0.05) is 16.0 Å². The molecule has 0 bridgehead atoms. The van der Waals surface area contributed by atoms with Crippen LogP contribution >= 0.6 is 22.9 Å². The molecule has 0 saturated carbocycles. The topological polar surface area (TPSA) is 79.3 Å². The van der Waals surface area contributed by atoms with Crippen LogP contribution < -0.4 is 5.32 Å². The first-order valence-corrected chi connectivity index (χ1v) is 6.98. The quantitative estimate of drug-likeness (QED) is 0.910. The Morgan fingerprint density at radius 1 is 1.45 bits per heavy atom. The van der Waals surface area contributed by atoms with E-state index in [1.54, 1.807) is 31.2 Å². The number of nitrogens with zero attached hydrogens (tertiary/aromatic N) is 1. The van der Waals surface area contributed by atoms with Crippen molar-refractivity contribution in [3.8, 4) is 0 Å². The van der Waals surface area contributed by atoms with E-state index in [1.165, 1.54) is 16.7 Å². The van der Waals surface area contributed by atoms with Crippen LogP contribution in [-0.4, -0.2) is 22.0 Å². The fraction of sp³-hybridized carbons (Fsp3) is 0.154. The first kappa shape index (κ1) is 14.5. The van der Waals surface area contributed by atoms with Crippen molar-refractivity contribution in [1.29, 1.82) is 0 Å². The number of aromatic nitrogens is 1. The summed E-state index contributed by atoms with van der Waals surface area (Å²) >= 11 is 7.02. The lowest BCUT2D eigenvalue weighted by molar-refractivity contribution is 0.0691. The monoisotopic (exact) mass is 310 g/mol. The molecule has 0 fully saturated rings. The Hall–Kier alpha value is -1.92. The molecule has 2 rings (SSSR count). The molecule has 1 aromatic carbocycles. The van der Waals surface area contributed by atoms with Crippen molar-refractivity contribution in [3.63, 3.8) is 0 Å². The summed E-state index contributed by atoms with van der Waals surface area (Å²) in [5, 5.41) is 14.0. The van der Waals surface area contributed by atoms with E-state index in [2.05, 4.69) is 10.3 Å². The SMILES string of the molecule is CC(NC(=O)c1cccc(Cl)c1)c1nc(C(=O)O)cs1. The van der Waals surface area contributed by atoms with Crippen LogP contribution in [0.25, 0.3) is 0 Å². The van der Waals surface area contributed by atoms with Crippen LogP contribution in [0.15, 0.2) is 29.6 Å². The van der Waals surface area contributed by atoms with Crippen molar-refractivity contribution in [1.82, 2.24) is 10.3 Å². The van der Waals surface area contributed by atoms with Crippen molar-refractivity contribution in [2.24, 2.45) is 0 Å². The molecular weight excluding hydrogens is 300 g/mol. The molecule has 104 valence electrons. The van der Waals surface area contributed by atoms with Gasteiger partial charge in [0.1, 0.15) is 5.01 Å². The standard InChI is InChI=1S/C13H11ClN2O3S/c1-7(12-16-10(6-20-12)13(18)19)15-11(17)8-3-2-4-9(14)5-8/h2-7H,1H3,(H,15,17)(H,18,19). The molecule has 1 heterocycles. The van der Waals surface area contributed by atoms with E-state index in [0.717, 1.165) is 0 Å². The molecule has 0 aliphatic heterocycles. The van der Waals surface area contributed by atoms with Crippen molar-refractivity contribution >= 4 is 34.8 Å². The molecule has 0 spiro atoms. The Balaban J connectivity index is 2.08. The van der Waals surface area contributed by atoms with E-state index in [-0.39, 0.29) is 17.6 Å². The van der Waals surface area contributed by atoms with E-state index in [1.807, 2.05) is 0 Å². The molecule has 5 nitrogen and oxygen atoms in total. The summed E-state index contributed by atoms with van der Waals surface area (Å²) in [5.74, 6) is -1.37. The van der Waals surface area contributed by atoms with Crippen molar-refractivity contribution < 1.29 is 14.7 Å². The highest BCUT2D eigenvalue weighted by molar-refractivity contribution is 7.09. The van der Waals surface area contributed by atoms with Crippen LogP contribution in [0.1, 0.15) is 38.8 Å². The number of hydrogen-bond donors (Lipinski definition) is 2. The van der Waals surface area contributed by atoms with Gasteiger partial charge >= 0.3 is 5.97 Å². The lowest BCUT2D eigenvalue weighted by Gasteiger charge is -2.11. The van der Waals surface area contributed by atoms with Crippen molar-refractivity contribution in [2.45, 2.75) is 13.0 Å². The highest BCUT2D eigenvalue weighted by atomic mass is 35.5. The molecule has 0 radical (unpaired) electrons. The van der Waals surface area contributed by atoms with Crippen LogP contribution in [0.4, 0.5) is 0 Å². The first-order chi connectivity index (χ1) is 9.47. The average molecular weight is 311 g/mol. The molecule has 7 heteroatoms. The number of carbonyl (C=O) groups excluding carboxylic acids is 1. The Labute approximate surface area is 124 Å². The number of nitrogens with one attached hydrogen (secondary N) is 1. The number of carbonyl (C=O) groups is 2. The number of hydrogen-bond acceptors (Lipinski definition) is 4. The van der Waals surface area contributed by atoms with Gasteiger partial charge in [0.15, 0.2) is 5.69 Å². The maximum Gasteiger partial charge on any atom is 0.355 e. The molecule has 0 aliphatic rings. The molecule has 1 amide bonds. The maximum absolute atomic E-state index is 12.0. The second-order valence-electron chi connectivity index (χ2n) is 4.08. The minimum absolute atomic E-state index is 0.0196. The van der Waals surface area contributed by atoms with Crippen LogP contribution in [-0.2, 0) is 0 Å². The number of aromatic carboxylic acids is 1. The normalized spacial score (nSPS) is 11.9. The minimum atomic E-state index is -1.08. The van der Waals surface area contributed by atoms with Gasteiger partial charge < -0.3 is 10.4 Å². The zero-order valence-electron chi connectivity index (χ0n) is 10.5. The summed E-state index contributed by atoms with van der Waals surface area (Å²) in [6, 6.07) is 6.21. The summed E-state index contributed by atoms with van der Waals surface area (Å²) in [6.45, 7) is 1.74. The highest BCUT2D eigenvalue weighted by Crippen LogP contribution is 2.19. The van der Waals surface area contributed by atoms with Crippen molar-refractivity contribution in [3.05, 3.63) is 50.9 Å². The van der Waals surface area contributed by atoms with Crippen LogP contribution in [0, 0.1) is 0 Å². The Kier molecular flexibility index (Phi) is 4.36. The zero-order chi connectivity index (χ0) is 14.7. The van der Waals surface area contributed by atoms with Crippen LogP contribution in [0.2, 0.25) is 5.02 Å². The number of amides is 1. The van der Waals surface area contributed by atoms with E-state index in [9.17, 15) is 9.59 Å². The maximum atomic E-state index is 12.0. The van der Waals surface area contributed by atoms with Gasteiger partial charge in [0.05, 0.1) is 6.04 Å². The third kappa shape index (κ3) is 3.34. The second-order valence-corrected chi connectivity index (χ2v) is 5.41. The van der Waals surface area contributed by atoms with Crippen molar-refractivity contribution in [2.75, 3.05) is 0 Å². The van der Waals surface area contributed by atoms with E-state index >= 15 is 0 Å². The number of thiazole rings is 1. The first-order valence-electron chi connectivity index (χ1n) is 5.72. The lowest BCUT2D eigenvalue weighted by atomic mass is 10.2. The molecule has 0 aliphatic carbocycles. The molecule has 2 aromatic rings. The summed E-state index contributed by atoms with van der Waals surface area (Å²) in [7, 11) is 0. The van der Waals surface area contributed by atoms with Gasteiger partial charge in [-0.3, -0.25) is 4.79 Å². The largest absolute Gasteiger partial charge is 0.476 e. The average Bonchev–Trinajstić information content (AvgIpc) is 2.88. The Morgan fingerprint density at radius 3 is 2.80 bits per heavy atom. The van der Waals surface area contributed by atoms with E-state index in [4.69, 9.17) is 16.7 Å². The van der Waals surface area contributed by atoms with Gasteiger partial charge in [0.2, 0.25) is 0 Å². The number of carboxylic acid groups (broad SMARTS) is 1. The molecule has 20 heavy (non-hydrogen) atoms. The molecule has 2 N–H and O–H groups in total.